The van der Waals surface area contributed by atoms with E-state index in [9.17, 15) is 18.3 Å². The first-order valence-corrected chi connectivity index (χ1v) is 9.60. The van der Waals surface area contributed by atoms with Gasteiger partial charge in [0.25, 0.3) is 0 Å². The van der Waals surface area contributed by atoms with Crippen LogP contribution in [0.3, 0.4) is 0 Å². The third kappa shape index (κ3) is 4.31. The summed E-state index contributed by atoms with van der Waals surface area (Å²) >= 11 is 0. The number of carboxylic acid groups (broad SMARTS) is 1. The van der Waals surface area contributed by atoms with E-state index in [0.29, 0.717) is 11.1 Å². The summed E-state index contributed by atoms with van der Waals surface area (Å²) in [5.41, 5.74) is 1.06. The molecule has 0 saturated heterocycles. The van der Waals surface area contributed by atoms with Gasteiger partial charge in [-0.25, -0.2) is 8.42 Å². The first-order valence-electron chi connectivity index (χ1n) is 8.12. The third-order valence-corrected chi connectivity index (χ3v) is 5.62. The van der Waals surface area contributed by atoms with E-state index in [1.807, 2.05) is 18.2 Å². The lowest BCUT2D eigenvalue weighted by atomic mass is 10.1. The van der Waals surface area contributed by atoms with Gasteiger partial charge in [0.2, 0.25) is 10.0 Å². The van der Waals surface area contributed by atoms with E-state index in [0.717, 1.165) is 10.8 Å². The Bertz CT molecular complexity index is 1130. The molecule has 0 aliphatic rings. The van der Waals surface area contributed by atoms with Crippen LogP contribution in [0.5, 0.6) is 0 Å². The number of carboxylic acids is 1. The molecule has 2 N–H and O–H groups in total. The van der Waals surface area contributed by atoms with Crippen molar-refractivity contribution in [2.24, 2.45) is 0 Å². The summed E-state index contributed by atoms with van der Waals surface area (Å²) < 4.78 is 27.6. The van der Waals surface area contributed by atoms with Crippen LogP contribution < -0.4 is 4.72 Å². The van der Waals surface area contributed by atoms with E-state index < -0.39 is 22.0 Å². The summed E-state index contributed by atoms with van der Waals surface area (Å²) in [6, 6.07) is 19.0. The van der Waals surface area contributed by atoms with Gasteiger partial charge in [-0.3, -0.25) is 4.79 Å². The maximum Gasteiger partial charge on any atom is 0.322 e. The fourth-order valence-corrected chi connectivity index (χ4v) is 3.94. The van der Waals surface area contributed by atoms with Gasteiger partial charge in [0.15, 0.2) is 0 Å². The summed E-state index contributed by atoms with van der Waals surface area (Å²) in [5, 5.41) is 19.9. The Labute approximate surface area is 156 Å². The lowest BCUT2D eigenvalue weighted by Gasteiger charge is -2.15. The van der Waals surface area contributed by atoms with E-state index in [4.69, 9.17) is 5.26 Å². The highest BCUT2D eigenvalue weighted by atomic mass is 32.2. The number of aliphatic carboxylic acids is 1. The van der Waals surface area contributed by atoms with Crippen LogP contribution in [0.2, 0.25) is 0 Å². The number of nitrogens with zero attached hydrogens (tertiary/aromatic N) is 1. The smallest absolute Gasteiger partial charge is 0.322 e. The van der Waals surface area contributed by atoms with Crippen molar-refractivity contribution in [1.82, 2.24) is 4.72 Å². The first-order chi connectivity index (χ1) is 12.9. The van der Waals surface area contributed by atoms with E-state index in [1.54, 1.807) is 42.5 Å². The number of sulfonamides is 1. The number of nitriles is 1. The van der Waals surface area contributed by atoms with Gasteiger partial charge in [-0.05, 0) is 47.0 Å². The standard InChI is InChI=1S/C20H16N2O4S/c21-13-15-7-5-14(6-8-15)11-19(20(23)24)22-27(25,26)18-10-9-16-3-1-2-4-17(16)12-18/h1-10,12,19,22H,11H2,(H,23,24)/t19-/m1/s1. The highest BCUT2D eigenvalue weighted by Crippen LogP contribution is 2.19. The molecule has 0 aliphatic carbocycles. The van der Waals surface area contributed by atoms with Crippen molar-refractivity contribution in [1.29, 1.82) is 5.26 Å². The monoisotopic (exact) mass is 380 g/mol. The molecule has 0 radical (unpaired) electrons. The molecule has 136 valence electrons. The molecule has 3 aromatic carbocycles. The zero-order valence-corrected chi connectivity index (χ0v) is 15.0. The average Bonchev–Trinajstić information content (AvgIpc) is 2.67. The highest BCUT2D eigenvalue weighted by molar-refractivity contribution is 7.89. The maximum absolute atomic E-state index is 12.7. The number of benzene rings is 3. The van der Waals surface area contributed by atoms with Crippen LogP contribution in [-0.2, 0) is 21.2 Å². The summed E-state index contributed by atoms with van der Waals surface area (Å²) in [6.45, 7) is 0. The van der Waals surface area contributed by atoms with Crippen molar-refractivity contribution in [3.05, 3.63) is 77.9 Å². The summed E-state index contributed by atoms with van der Waals surface area (Å²) in [4.78, 5) is 11.6. The fraction of sp³-hybridized carbons (Fsp3) is 0.100. The molecular formula is C20H16N2O4S. The van der Waals surface area contributed by atoms with Gasteiger partial charge in [-0.1, -0.05) is 42.5 Å². The second-order valence-electron chi connectivity index (χ2n) is 6.03. The molecule has 3 aromatic rings. The molecule has 6 nitrogen and oxygen atoms in total. The first kappa shape index (κ1) is 18.6. The fourth-order valence-electron chi connectivity index (χ4n) is 2.72. The second kappa shape index (κ2) is 7.58. The van der Waals surface area contributed by atoms with Crippen LogP contribution in [-0.4, -0.2) is 25.5 Å². The molecule has 27 heavy (non-hydrogen) atoms. The molecule has 0 fully saturated rings. The van der Waals surface area contributed by atoms with Gasteiger partial charge < -0.3 is 5.11 Å². The maximum atomic E-state index is 12.7. The molecule has 0 spiro atoms. The Morgan fingerprint density at radius 1 is 1.04 bits per heavy atom. The van der Waals surface area contributed by atoms with Gasteiger partial charge in [0, 0.05) is 0 Å². The molecule has 7 heteroatoms. The molecule has 3 rings (SSSR count). The van der Waals surface area contributed by atoms with Crippen molar-refractivity contribution >= 4 is 26.8 Å². The lowest BCUT2D eigenvalue weighted by molar-refractivity contribution is -0.138. The van der Waals surface area contributed by atoms with E-state index in [1.165, 1.54) is 12.1 Å². The normalized spacial score (nSPS) is 12.4. The Morgan fingerprint density at radius 2 is 1.70 bits per heavy atom. The summed E-state index contributed by atoms with van der Waals surface area (Å²) in [5.74, 6) is -1.27. The Balaban J connectivity index is 1.85. The van der Waals surface area contributed by atoms with E-state index >= 15 is 0 Å². The zero-order valence-electron chi connectivity index (χ0n) is 14.2. The van der Waals surface area contributed by atoms with Gasteiger partial charge >= 0.3 is 5.97 Å². The lowest BCUT2D eigenvalue weighted by Crippen LogP contribution is -2.42. The topological polar surface area (TPSA) is 107 Å². The predicted molar refractivity (Wildman–Crippen MR) is 101 cm³/mol. The second-order valence-corrected chi connectivity index (χ2v) is 7.75. The van der Waals surface area contributed by atoms with Gasteiger partial charge in [0.05, 0.1) is 16.5 Å². The number of hydrogen-bond acceptors (Lipinski definition) is 4. The number of hydrogen-bond donors (Lipinski definition) is 2. The molecule has 0 unspecified atom stereocenters. The number of carbonyl (C=O) groups is 1. The van der Waals surface area contributed by atoms with Crippen molar-refractivity contribution in [3.63, 3.8) is 0 Å². The van der Waals surface area contributed by atoms with Crippen molar-refractivity contribution in [3.8, 4) is 6.07 Å². The molecule has 1 atom stereocenters. The zero-order chi connectivity index (χ0) is 19.4. The van der Waals surface area contributed by atoms with Crippen LogP contribution >= 0.6 is 0 Å². The highest BCUT2D eigenvalue weighted by Gasteiger charge is 2.25. The SMILES string of the molecule is N#Cc1ccc(C[C@@H](NS(=O)(=O)c2ccc3ccccc3c2)C(=O)O)cc1. The summed E-state index contributed by atoms with van der Waals surface area (Å²) in [6.07, 6.45) is -0.0339. The van der Waals surface area contributed by atoms with Crippen molar-refractivity contribution in [2.45, 2.75) is 17.4 Å². The Hall–Kier alpha value is -3.21. The minimum absolute atomic E-state index is 0.00674. The molecule has 0 heterocycles. The number of rotatable bonds is 6. The van der Waals surface area contributed by atoms with Gasteiger partial charge in [-0.2, -0.15) is 9.98 Å². The van der Waals surface area contributed by atoms with E-state index in [2.05, 4.69) is 4.72 Å². The van der Waals surface area contributed by atoms with Crippen molar-refractivity contribution in [2.75, 3.05) is 0 Å². The molecule has 0 amide bonds. The molecule has 0 bridgehead atoms. The van der Waals surface area contributed by atoms with Crippen LogP contribution in [0.4, 0.5) is 0 Å². The van der Waals surface area contributed by atoms with Crippen LogP contribution in [0.25, 0.3) is 10.8 Å². The van der Waals surface area contributed by atoms with Crippen molar-refractivity contribution < 1.29 is 18.3 Å². The minimum Gasteiger partial charge on any atom is -0.480 e. The molecule has 0 aliphatic heterocycles. The number of nitrogens with one attached hydrogen (secondary N) is 1. The largest absolute Gasteiger partial charge is 0.480 e. The number of fused-ring (bicyclic) bond motifs is 1. The van der Waals surface area contributed by atoms with E-state index in [-0.39, 0.29) is 11.3 Å². The summed E-state index contributed by atoms with van der Waals surface area (Å²) in [7, 11) is -4.01. The van der Waals surface area contributed by atoms with Crippen LogP contribution in [0.1, 0.15) is 11.1 Å². The minimum atomic E-state index is -4.01. The van der Waals surface area contributed by atoms with Crippen LogP contribution in [0, 0.1) is 11.3 Å². The predicted octanol–water partition coefficient (Wildman–Crippen LogP) is 2.69. The average molecular weight is 380 g/mol. The molecule has 0 saturated carbocycles. The van der Waals surface area contributed by atoms with Gasteiger partial charge in [0.1, 0.15) is 6.04 Å². The molecular weight excluding hydrogens is 364 g/mol. The molecule has 0 aromatic heterocycles. The third-order valence-electron chi connectivity index (χ3n) is 4.15. The van der Waals surface area contributed by atoms with Crippen LogP contribution in [0.15, 0.2) is 71.6 Å². The Kier molecular flexibility index (Phi) is 5.21. The Morgan fingerprint density at radius 3 is 2.33 bits per heavy atom. The van der Waals surface area contributed by atoms with Gasteiger partial charge in [-0.15, -0.1) is 0 Å². The quantitative estimate of drug-likeness (QED) is 0.684.